The van der Waals surface area contributed by atoms with E-state index < -0.39 is 18.0 Å². The number of nitrogens with one attached hydrogen (secondary N) is 2. The minimum Gasteiger partial charge on any atom is -0.406 e. The molecule has 1 heterocycles. The third-order valence-corrected chi connectivity index (χ3v) is 3.73. The number of rotatable bonds is 4. The maximum absolute atomic E-state index is 12.2. The zero-order chi connectivity index (χ0) is 16.2. The number of halogens is 3. The summed E-state index contributed by atoms with van der Waals surface area (Å²) in [5.74, 6) is -0.467. The Balaban J connectivity index is 1.98. The first kappa shape index (κ1) is 16.6. The molecule has 0 radical (unpaired) electrons. The monoisotopic (exact) mass is 316 g/mol. The lowest BCUT2D eigenvalue weighted by Crippen LogP contribution is -2.44. The smallest absolute Gasteiger partial charge is 0.406 e. The molecule has 1 aliphatic rings. The van der Waals surface area contributed by atoms with Gasteiger partial charge in [-0.05, 0) is 57.0 Å². The highest BCUT2D eigenvalue weighted by Gasteiger charge is 2.31. The molecule has 1 saturated heterocycles. The fourth-order valence-corrected chi connectivity index (χ4v) is 2.55. The second-order valence-electron chi connectivity index (χ2n) is 5.44. The second kappa shape index (κ2) is 7.00. The molecule has 0 bridgehead atoms. The molecule has 2 rings (SSSR count). The van der Waals surface area contributed by atoms with E-state index in [0.29, 0.717) is 5.92 Å². The fourth-order valence-electron chi connectivity index (χ4n) is 2.55. The van der Waals surface area contributed by atoms with Crippen LogP contribution in [0.1, 0.15) is 30.1 Å². The van der Waals surface area contributed by atoms with Gasteiger partial charge >= 0.3 is 6.36 Å². The van der Waals surface area contributed by atoms with E-state index in [0.717, 1.165) is 32.0 Å². The minimum atomic E-state index is -4.77. The van der Waals surface area contributed by atoms with Crippen LogP contribution in [0.15, 0.2) is 24.3 Å². The summed E-state index contributed by atoms with van der Waals surface area (Å²) in [5, 5.41) is 6.11. The first-order valence-electron chi connectivity index (χ1n) is 7.22. The van der Waals surface area contributed by atoms with Gasteiger partial charge in [0.25, 0.3) is 5.91 Å². The van der Waals surface area contributed by atoms with Crippen molar-refractivity contribution in [1.82, 2.24) is 10.6 Å². The largest absolute Gasteiger partial charge is 0.573 e. The number of amides is 1. The minimum absolute atomic E-state index is 0.0486. The van der Waals surface area contributed by atoms with E-state index in [-0.39, 0.29) is 11.6 Å². The summed E-state index contributed by atoms with van der Waals surface area (Å²) in [6.07, 6.45) is -2.69. The average molecular weight is 316 g/mol. The Hall–Kier alpha value is -1.76. The normalized spacial score (nSPS) is 20.3. The summed E-state index contributed by atoms with van der Waals surface area (Å²) in [4.78, 5) is 12.1. The summed E-state index contributed by atoms with van der Waals surface area (Å²) in [5.41, 5.74) is 0.150. The zero-order valence-electron chi connectivity index (χ0n) is 12.2. The SMILES string of the molecule is CC(NC(=O)c1cccc(OC(F)(F)F)c1)C1CCCNC1. The van der Waals surface area contributed by atoms with Crippen LogP contribution >= 0.6 is 0 Å². The predicted octanol–water partition coefficient (Wildman–Crippen LogP) is 2.70. The number of alkyl halides is 3. The average Bonchev–Trinajstić information content (AvgIpc) is 2.46. The van der Waals surface area contributed by atoms with Crippen LogP contribution in [-0.4, -0.2) is 31.4 Å². The second-order valence-corrected chi connectivity index (χ2v) is 5.44. The molecule has 0 saturated carbocycles. The number of benzene rings is 1. The molecule has 1 fully saturated rings. The third-order valence-electron chi connectivity index (χ3n) is 3.73. The van der Waals surface area contributed by atoms with E-state index in [4.69, 9.17) is 0 Å². The lowest BCUT2D eigenvalue weighted by molar-refractivity contribution is -0.274. The Bertz CT molecular complexity index is 514. The summed E-state index contributed by atoms with van der Waals surface area (Å²) >= 11 is 0. The van der Waals surface area contributed by atoms with E-state index in [1.807, 2.05) is 6.92 Å². The van der Waals surface area contributed by atoms with Crippen LogP contribution in [0.4, 0.5) is 13.2 Å². The Morgan fingerprint density at radius 1 is 1.45 bits per heavy atom. The maximum atomic E-state index is 12.2. The summed E-state index contributed by atoms with van der Waals surface area (Å²) in [6, 6.07) is 5.04. The molecule has 22 heavy (non-hydrogen) atoms. The predicted molar refractivity (Wildman–Crippen MR) is 75.6 cm³/mol. The Morgan fingerprint density at radius 3 is 2.86 bits per heavy atom. The number of hydrogen-bond acceptors (Lipinski definition) is 3. The third kappa shape index (κ3) is 4.91. The van der Waals surface area contributed by atoms with Crippen LogP contribution in [0.5, 0.6) is 5.75 Å². The molecular weight excluding hydrogens is 297 g/mol. The molecule has 4 nitrogen and oxygen atoms in total. The van der Waals surface area contributed by atoms with Crippen molar-refractivity contribution in [3.63, 3.8) is 0 Å². The van der Waals surface area contributed by atoms with Crippen molar-refractivity contribution in [2.24, 2.45) is 5.92 Å². The van der Waals surface area contributed by atoms with Crippen LogP contribution in [0.2, 0.25) is 0 Å². The van der Waals surface area contributed by atoms with Crippen LogP contribution in [0.25, 0.3) is 0 Å². The highest BCUT2D eigenvalue weighted by molar-refractivity contribution is 5.94. The zero-order valence-corrected chi connectivity index (χ0v) is 12.2. The first-order valence-corrected chi connectivity index (χ1v) is 7.22. The number of carbonyl (C=O) groups is 1. The van der Waals surface area contributed by atoms with Crippen LogP contribution in [0, 0.1) is 5.92 Å². The molecule has 2 unspecified atom stereocenters. The molecular formula is C15H19F3N2O2. The van der Waals surface area contributed by atoms with E-state index in [1.165, 1.54) is 18.2 Å². The van der Waals surface area contributed by atoms with Gasteiger partial charge in [0.2, 0.25) is 0 Å². The van der Waals surface area contributed by atoms with Crippen molar-refractivity contribution in [1.29, 1.82) is 0 Å². The van der Waals surface area contributed by atoms with Gasteiger partial charge in [0.15, 0.2) is 0 Å². The molecule has 0 spiro atoms. The van der Waals surface area contributed by atoms with Crippen LogP contribution < -0.4 is 15.4 Å². The van der Waals surface area contributed by atoms with Gasteiger partial charge in [-0.3, -0.25) is 4.79 Å². The quantitative estimate of drug-likeness (QED) is 0.898. The molecule has 2 N–H and O–H groups in total. The van der Waals surface area contributed by atoms with Gasteiger partial charge in [-0.25, -0.2) is 0 Å². The highest BCUT2D eigenvalue weighted by atomic mass is 19.4. The van der Waals surface area contributed by atoms with Crippen molar-refractivity contribution in [2.45, 2.75) is 32.2 Å². The standard InChI is InChI=1S/C15H19F3N2O2/c1-10(12-5-3-7-19-9-12)20-14(21)11-4-2-6-13(8-11)22-15(16,17)18/h2,4,6,8,10,12,19H,3,5,7,9H2,1H3,(H,20,21). The lowest BCUT2D eigenvalue weighted by Gasteiger charge is -2.29. The van der Waals surface area contributed by atoms with Gasteiger partial charge in [0.05, 0.1) is 0 Å². The molecule has 1 aromatic rings. The maximum Gasteiger partial charge on any atom is 0.573 e. The number of hydrogen-bond donors (Lipinski definition) is 2. The van der Waals surface area contributed by atoms with E-state index in [2.05, 4.69) is 15.4 Å². The Kier molecular flexibility index (Phi) is 5.28. The van der Waals surface area contributed by atoms with Gasteiger partial charge in [0.1, 0.15) is 5.75 Å². The summed E-state index contributed by atoms with van der Waals surface area (Å²) in [6.45, 7) is 3.72. The highest BCUT2D eigenvalue weighted by Crippen LogP contribution is 2.23. The lowest BCUT2D eigenvalue weighted by atomic mass is 9.92. The Labute approximate surface area is 127 Å². The molecule has 0 aliphatic carbocycles. The molecule has 122 valence electrons. The summed E-state index contributed by atoms with van der Waals surface area (Å²) < 4.78 is 40.4. The van der Waals surface area contributed by atoms with Crippen LogP contribution in [-0.2, 0) is 0 Å². The fraction of sp³-hybridized carbons (Fsp3) is 0.533. The number of carbonyl (C=O) groups excluding carboxylic acids is 1. The van der Waals surface area contributed by atoms with Crippen molar-refractivity contribution in [3.05, 3.63) is 29.8 Å². The van der Waals surface area contributed by atoms with Gasteiger partial charge in [-0.2, -0.15) is 0 Å². The molecule has 1 amide bonds. The molecule has 1 aromatic carbocycles. The topological polar surface area (TPSA) is 50.4 Å². The summed E-state index contributed by atoms with van der Waals surface area (Å²) in [7, 11) is 0. The molecule has 0 aromatic heterocycles. The first-order chi connectivity index (χ1) is 10.3. The van der Waals surface area contributed by atoms with Gasteiger partial charge in [0, 0.05) is 11.6 Å². The van der Waals surface area contributed by atoms with Crippen molar-refractivity contribution in [3.8, 4) is 5.75 Å². The van der Waals surface area contributed by atoms with Crippen LogP contribution in [0.3, 0.4) is 0 Å². The van der Waals surface area contributed by atoms with E-state index in [1.54, 1.807) is 0 Å². The number of piperidine rings is 1. The molecule has 1 aliphatic heterocycles. The number of ether oxygens (including phenoxy) is 1. The van der Waals surface area contributed by atoms with Crippen molar-refractivity contribution >= 4 is 5.91 Å². The van der Waals surface area contributed by atoms with Gasteiger partial charge in [-0.15, -0.1) is 13.2 Å². The van der Waals surface area contributed by atoms with E-state index in [9.17, 15) is 18.0 Å². The Morgan fingerprint density at radius 2 is 2.23 bits per heavy atom. The van der Waals surface area contributed by atoms with Crippen molar-refractivity contribution < 1.29 is 22.7 Å². The molecule has 2 atom stereocenters. The molecule has 7 heteroatoms. The van der Waals surface area contributed by atoms with Crippen molar-refractivity contribution in [2.75, 3.05) is 13.1 Å². The van der Waals surface area contributed by atoms with Gasteiger partial charge in [-0.1, -0.05) is 6.07 Å². The van der Waals surface area contributed by atoms with E-state index >= 15 is 0 Å². The van der Waals surface area contributed by atoms with Gasteiger partial charge < -0.3 is 15.4 Å².